The van der Waals surface area contributed by atoms with Crippen LogP contribution in [-0.2, 0) is 4.79 Å². The number of guanidine groups is 1. The van der Waals surface area contributed by atoms with E-state index < -0.39 is 0 Å². The van der Waals surface area contributed by atoms with Crippen molar-refractivity contribution in [3.05, 3.63) is 17.8 Å². The molecule has 0 aromatic carbocycles. The fraction of sp³-hybridized carbons (Fsp3) is 0. The third kappa shape index (κ3) is 6.01. The number of hydrogen-bond donors (Lipinski definition) is 3. The van der Waals surface area contributed by atoms with Gasteiger partial charge in [-0.3, -0.25) is 5.41 Å². The first-order valence-electron chi connectivity index (χ1n) is 2.72. The zero-order chi connectivity index (χ0) is 8.69. The summed E-state index contributed by atoms with van der Waals surface area (Å²) in [6.45, 7) is 0. The van der Waals surface area contributed by atoms with Crippen molar-refractivity contribution in [3.63, 3.8) is 0 Å². The lowest BCUT2D eigenvalue weighted by Gasteiger charge is -1.69. The van der Waals surface area contributed by atoms with Gasteiger partial charge in [0.05, 0.1) is 0 Å². The maximum atomic E-state index is 9.68. The van der Waals surface area contributed by atoms with Crippen molar-refractivity contribution in [3.8, 4) is 0 Å². The second-order valence-electron chi connectivity index (χ2n) is 1.58. The Morgan fingerprint density at radius 2 is 2.18 bits per heavy atom. The molecule has 0 saturated heterocycles. The molecule has 0 amide bonds. The minimum absolute atomic E-state index is 0.333. The van der Waals surface area contributed by atoms with Crippen LogP contribution >= 0.6 is 0 Å². The van der Waals surface area contributed by atoms with Crippen molar-refractivity contribution in [2.45, 2.75) is 0 Å². The van der Waals surface area contributed by atoms with E-state index in [-0.39, 0.29) is 5.96 Å². The highest BCUT2D eigenvalue weighted by molar-refractivity contribution is 5.80. The molecular formula is C6H8N4O. The van der Waals surface area contributed by atoms with Crippen LogP contribution < -0.4 is 11.5 Å². The van der Waals surface area contributed by atoms with E-state index in [1.165, 1.54) is 0 Å². The fourth-order valence-corrected chi connectivity index (χ4v) is 0.361. The normalized spacial score (nSPS) is 11.8. The van der Waals surface area contributed by atoms with Crippen LogP contribution in [0.5, 0.6) is 0 Å². The smallest absolute Gasteiger partial charge is 0.183 e. The molecule has 0 fully saturated rings. The van der Waals surface area contributed by atoms with Gasteiger partial charge in [0, 0.05) is 6.21 Å². The molecule has 1 aliphatic heterocycles. The highest BCUT2D eigenvalue weighted by atomic mass is 16.1. The Bertz CT molecular complexity index is 229. The Balaban J connectivity index is 0.000000218. The standard InChI is InChI=1S/C5H3NO.CH5N3/c7-4-5-2-1-3-6-5;2-1(3)4/h1-3H;(H5,2,3,4). The lowest BCUT2D eigenvalue weighted by molar-refractivity contribution is 0.567. The number of nitrogens with two attached hydrogens (primary N) is 2. The molecule has 0 saturated carbocycles. The second kappa shape index (κ2) is 4.96. The van der Waals surface area contributed by atoms with Crippen LogP contribution in [0.25, 0.3) is 0 Å². The number of carbonyl (C=O) groups excluding carboxylic acids is 1. The van der Waals surface area contributed by atoms with Gasteiger partial charge in [0.25, 0.3) is 0 Å². The van der Waals surface area contributed by atoms with E-state index in [9.17, 15) is 4.79 Å². The van der Waals surface area contributed by atoms with Crippen LogP contribution in [0.1, 0.15) is 0 Å². The SMILES string of the molecule is N=C(N)N.O=C=C1C=CC=N1. The van der Waals surface area contributed by atoms with Crippen LogP contribution in [0.3, 0.4) is 0 Å². The highest BCUT2D eigenvalue weighted by Gasteiger charge is 1.88. The molecule has 0 aliphatic carbocycles. The molecule has 0 bridgehead atoms. The molecule has 1 rings (SSSR count). The van der Waals surface area contributed by atoms with Gasteiger partial charge in [0.1, 0.15) is 5.70 Å². The van der Waals surface area contributed by atoms with Gasteiger partial charge in [-0.05, 0) is 12.2 Å². The Kier molecular flexibility index (Phi) is 4.12. The van der Waals surface area contributed by atoms with Crippen molar-refractivity contribution >= 4 is 18.1 Å². The summed E-state index contributed by atoms with van der Waals surface area (Å²) in [7, 11) is 0. The molecule has 5 heteroatoms. The predicted molar refractivity (Wildman–Crippen MR) is 42.9 cm³/mol. The maximum Gasteiger partial charge on any atom is 0.183 e. The predicted octanol–water partition coefficient (Wildman–Crippen LogP) is -0.819. The monoisotopic (exact) mass is 152 g/mol. The summed E-state index contributed by atoms with van der Waals surface area (Å²) in [5.74, 6) is 1.31. The molecule has 0 atom stereocenters. The molecule has 11 heavy (non-hydrogen) atoms. The van der Waals surface area contributed by atoms with Crippen molar-refractivity contribution in [1.29, 1.82) is 5.41 Å². The maximum absolute atomic E-state index is 9.68. The molecule has 0 spiro atoms. The number of aliphatic imine (C=N–C) groups is 1. The van der Waals surface area contributed by atoms with E-state index in [4.69, 9.17) is 5.41 Å². The molecule has 5 N–H and O–H groups in total. The number of nitrogens with zero attached hydrogens (tertiary/aromatic N) is 1. The van der Waals surface area contributed by atoms with Crippen LogP contribution in [0.2, 0.25) is 0 Å². The lowest BCUT2D eigenvalue weighted by Crippen LogP contribution is -2.20. The first-order chi connectivity index (χ1) is 5.16. The third-order valence-corrected chi connectivity index (χ3v) is 0.658. The van der Waals surface area contributed by atoms with Crippen LogP contribution in [0.15, 0.2) is 22.8 Å². The van der Waals surface area contributed by atoms with Crippen molar-refractivity contribution in [2.24, 2.45) is 16.5 Å². The van der Waals surface area contributed by atoms with Crippen molar-refractivity contribution in [2.75, 3.05) is 0 Å². The molecule has 0 radical (unpaired) electrons. The van der Waals surface area contributed by atoms with Crippen molar-refractivity contribution in [1.82, 2.24) is 0 Å². The first-order valence-corrected chi connectivity index (χ1v) is 2.72. The summed E-state index contributed by atoms with van der Waals surface area (Å²) in [5.41, 5.74) is 9.32. The summed E-state index contributed by atoms with van der Waals surface area (Å²) in [5, 5.41) is 6.06. The van der Waals surface area contributed by atoms with Gasteiger partial charge < -0.3 is 11.5 Å². The van der Waals surface area contributed by atoms with Gasteiger partial charge >= 0.3 is 0 Å². The van der Waals surface area contributed by atoms with Crippen LogP contribution in [-0.4, -0.2) is 18.1 Å². The number of rotatable bonds is 0. The molecule has 0 aromatic rings. The Morgan fingerprint density at radius 3 is 2.36 bits per heavy atom. The Labute approximate surface area is 63.6 Å². The van der Waals surface area contributed by atoms with Gasteiger partial charge in [0.15, 0.2) is 11.9 Å². The lowest BCUT2D eigenvalue weighted by atomic mass is 10.5. The summed E-state index contributed by atoms with van der Waals surface area (Å²) in [6.07, 6.45) is 4.85. The van der Waals surface area contributed by atoms with Crippen LogP contribution in [0, 0.1) is 5.41 Å². The number of nitrogens with one attached hydrogen (secondary N) is 1. The number of allylic oxidation sites excluding steroid dienone is 2. The fourth-order valence-electron chi connectivity index (χ4n) is 0.361. The number of hydrogen-bond acceptors (Lipinski definition) is 3. The van der Waals surface area contributed by atoms with Crippen molar-refractivity contribution < 1.29 is 4.79 Å². The van der Waals surface area contributed by atoms with E-state index >= 15 is 0 Å². The average Bonchev–Trinajstić information content (AvgIpc) is 2.36. The summed E-state index contributed by atoms with van der Waals surface area (Å²) >= 11 is 0. The second-order valence-corrected chi connectivity index (χ2v) is 1.58. The van der Waals surface area contributed by atoms with E-state index in [2.05, 4.69) is 16.5 Å². The Morgan fingerprint density at radius 1 is 1.64 bits per heavy atom. The van der Waals surface area contributed by atoms with Gasteiger partial charge in [0.2, 0.25) is 0 Å². The third-order valence-electron chi connectivity index (χ3n) is 0.658. The topological polar surface area (TPSA) is 105 Å². The molecule has 0 unspecified atom stereocenters. The summed E-state index contributed by atoms with van der Waals surface area (Å²) in [6, 6.07) is 0. The van der Waals surface area contributed by atoms with Gasteiger partial charge in [-0.15, -0.1) is 0 Å². The van der Waals surface area contributed by atoms with Gasteiger partial charge in [-0.1, -0.05) is 0 Å². The van der Waals surface area contributed by atoms with Gasteiger partial charge in [-0.2, -0.15) is 0 Å². The quantitative estimate of drug-likeness (QED) is 0.240. The largest absolute Gasteiger partial charge is 0.370 e. The summed E-state index contributed by atoms with van der Waals surface area (Å²) < 4.78 is 0. The molecule has 0 aromatic heterocycles. The van der Waals surface area contributed by atoms with E-state index in [0.29, 0.717) is 5.70 Å². The van der Waals surface area contributed by atoms with E-state index in [1.807, 2.05) is 0 Å². The summed E-state index contributed by atoms with van der Waals surface area (Å²) in [4.78, 5) is 13.3. The van der Waals surface area contributed by atoms with Crippen LogP contribution in [0.4, 0.5) is 0 Å². The minimum Gasteiger partial charge on any atom is -0.370 e. The average molecular weight is 152 g/mol. The zero-order valence-electron chi connectivity index (χ0n) is 5.74. The molecule has 5 nitrogen and oxygen atoms in total. The molecular weight excluding hydrogens is 144 g/mol. The molecule has 1 heterocycles. The van der Waals surface area contributed by atoms with Gasteiger partial charge in [-0.25, -0.2) is 9.79 Å². The zero-order valence-corrected chi connectivity index (χ0v) is 5.74. The minimum atomic E-state index is -0.333. The van der Waals surface area contributed by atoms with E-state index in [1.54, 1.807) is 24.3 Å². The molecule has 58 valence electrons. The first kappa shape index (κ1) is 9.13. The Hall–Kier alpha value is -1.87. The molecule has 1 aliphatic rings. The van der Waals surface area contributed by atoms with E-state index in [0.717, 1.165) is 0 Å². The highest BCUT2D eigenvalue weighted by Crippen LogP contribution is 1.96.